The molecular formula is C25H21F3N2O2. The van der Waals surface area contributed by atoms with Crippen molar-refractivity contribution in [1.29, 1.82) is 0 Å². The summed E-state index contributed by atoms with van der Waals surface area (Å²) in [5.41, 5.74) is 1.43. The van der Waals surface area contributed by atoms with Gasteiger partial charge in [-0.25, -0.2) is 13.2 Å². The van der Waals surface area contributed by atoms with Crippen LogP contribution in [0.3, 0.4) is 0 Å². The molecule has 0 saturated carbocycles. The molecule has 2 amide bonds. The highest BCUT2D eigenvalue weighted by Gasteiger charge is 2.44. The number of halogens is 3. The molecule has 0 atom stereocenters. The highest BCUT2D eigenvalue weighted by atomic mass is 19.1. The number of carbonyl (C=O) groups excluding carboxylic acids is 2. The molecule has 0 bridgehead atoms. The standard InChI is InChI=1S/C25H21F3N2O2/c1-25(2)19-9-8-16(23(31)29-13-18-20(27)11-17(26)12-21(18)28)10-22(19)30(24(25)32)14-15-6-4-3-5-7-15/h3-12H,13-14H2,1-2H3,(H,29,31). The number of hydrogen-bond acceptors (Lipinski definition) is 2. The Morgan fingerprint density at radius 3 is 2.28 bits per heavy atom. The number of fused-ring (bicyclic) bond motifs is 1. The van der Waals surface area contributed by atoms with Crippen LogP contribution in [0.15, 0.2) is 60.7 Å². The average molecular weight is 438 g/mol. The summed E-state index contributed by atoms with van der Waals surface area (Å²) in [5, 5.41) is 2.46. The molecule has 4 rings (SSSR count). The highest BCUT2D eigenvalue weighted by Crippen LogP contribution is 2.42. The van der Waals surface area contributed by atoms with Crippen molar-refractivity contribution in [3.63, 3.8) is 0 Å². The van der Waals surface area contributed by atoms with Gasteiger partial charge in [0.1, 0.15) is 17.5 Å². The molecular weight excluding hydrogens is 417 g/mol. The molecule has 0 spiro atoms. The first kappa shape index (κ1) is 21.6. The monoisotopic (exact) mass is 438 g/mol. The summed E-state index contributed by atoms with van der Waals surface area (Å²) in [6, 6.07) is 15.5. The second kappa shape index (κ2) is 8.15. The Morgan fingerprint density at radius 2 is 1.62 bits per heavy atom. The third kappa shape index (κ3) is 3.86. The van der Waals surface area contributed by atoms with Crippen LogP contribution in [-0.2, 0) is 23.3 Å². The first-order chi connectivity index (χ1) is 15.2. The predicted octanol–water partition coefficient (Wildman–Crippen LogP) is 4.86. The molecule has 32 heavy (non-hydrogen) atoms. The van der Waals surface area contributed by atoms with Crippen LogP contribution in [0.4, 0.5) is 18.9 Å². The summed E-state index contributed by atoms with van der Waals surface area (Å²) in [7, 11) is 0. The van der Waals surface area contributed by atoms with Gasteiger partial charge in [0, 0.05) is 35.5 Å². The van der Waals surface area contributed by atoms with E-state index in [1.54, 1.807) is 23.1 Å². The zero-order valence-corrected chi connectivity index (χ0v) is 17.6. The van der Waals surface area contributed by atoms with Crippen molar-refractivity contribution in [2.75, 3.05) is 4.90 Å². The Kier molecular flexibility index (Phi) is 5.50. The number of amides is 2. The van der Waals surface area contributed by atoms with Crippen LogP contribution in [0.25, 0.3) is 0 Å². The summed E-state index contributed by atoms with van der Waals surface area (Å²) in [4.78, 5) is 27.4. The van der Waals surface area contributed by atoms with Crippen LogP contribution >= 0.6 is 0 Å². The van der Waals surface area contributed by atoms with Crippen LogP contribution in [-0.4, -0.2) is 11.8 Å². The minimum absolute atomic E-state index is 0.0793. The molecule has 3 aromatic rings. The van der Waals surface area contributed by atoms with Crippen LogP contribution < -0.4 is 10.2 Å². The number of benzene rings is 3. The Bertz CT molecular complexity index is 1190. The first-order valence-electron chi connectivity index (χ1n) is 10.1. The largest absolute Gasteiger partial charge is 0.348 e. The van der Waals surface area contributed by atoms with E-state index in [-0.39, 0.29) is 11.5 Å². The molecule has 1 N–H and O–H groups in total. The van der Waals surface area contributed by atoms with E-state index in [0.29, 0.717) is 24.4 Å². The van der Waals surface area contributed by atoms with E-state index in [2.05, 4.69) is 5.32 Å². The molecule has 1 aliphatic heterocycles. The fourth-order valence-electron chi connectivity index (χ4n) is 3.92. The van der Waals surface area contributed by atoms with Gasteiger partial charge in [0.15, 0.2) is 0 Å². The summed E-state index contributed by atoms with van der Waals surface area (Å²) in [6.45, 7) is 3.58. The number of nitrogens with one attached hydrogen (secondary N) is 1. The van der Waals surface area contributed by atoms with E-state index >= 15 is 0 Å². The number of nitrogens with zero attached hydrogens (tertiary/aromatic N) is 1. The third-order valence-electron chi connectivity index (χ3n) is 5.72. The van der Waals surface area contributed by atoms with Crippen molar-refractivity contribution in [3.8, 4) is 0 Å². The van der Waals surface area contributed by atoms with Crippen molar-refractivity contribution in [1.82, 2.24) is 5.32 Å². The molecule has 0 saturated heterocycles. The summed E-state index contributed by atoms with van der Waals surface area (Å²) in [5.74, 6) is -3.81. The van der Waals surface area contributed by atoms with Gasteiger partial charge in [0.2, 0.25) is 5.91 Å². The SMILES string of the molecule is CC1(C)C(=O)N(Cc2ccccc2)c2cc(C(=O)NCc3c(F)cc(F)cc3F)ccc21. The molecule has 0 fully saturated rings. The number of rotatable bonds is 5. The second-order valence-electron chi connectivity index (χ2n) is 8.26. The normalized spacial score (nSPS) is 14.4. The molecule has 164 valence electrons. The molecule has 0 aliphatic carbocycles. The van der Waals surface area contributed by atoms with Gasteiger partial charge in [0.05, 0.1) is 12.0 Å². The minimum Gasteiger partial charge on any atom is -0.348 e. The van der Waals surface area contributed by atoms with Crippen molar-refractivity contribution >= 4 is 17.5 Å². The zero-order chi connectivity index (χ0) is 23.0. The molecule has 4 nitrogen and oxygen atoms in total. The van der Waals surface area contributed by atoms with Gasteiger partial charge in [-0.15, -0.1) is 0 Å². The van der Waals surface area contributed by atoms with Crippen LogP contribution in [0.1, 0.15) is 40.9 Å². The van der Waals surface area contributed by atoms with E-state index in [4.69, 9.17) is 0 Å². The fraction of sp³-hybridized carbons (Fsp3) is 0.200. The van der Waals surface area contributed by atoms with Gasteiger partial charge in [-0.05, 0) is 37.1 Å². The van der Waals surface area contributed by atoms with E-state index < -0.39 is 40.9 Å². The molecule has 3 aromatic carbocycles. The van der Waals surface area contributed by atoms with Crippen molar-refractivity contribution < 1.29 is 22.8 Å². The molecule has 7 heteroatoms. The average Bonchev–Trinajstić information content (AvgIpc) is 2.94. The van der Waals surface area contributed by atoms with Gasteiger partial charge in [-0.1, -0.05) is 36.4 Å². The van der Waals surface area contributed by atoms with Gasteiger partial charge in [-0.3, -0.25) is 9.59 Å². The van der Waals surface area contributed by atoms with E-state index in [1.807, 2.05) is 44.2 Å². The molecule has 1 aliphatic rings. The lowest BCUT2D eigenvalue weighted by Crippen LogP contribution is -2.35. The van der Waals surface area contributed by atoms with Gasteiger partial charge in [-0.2, -0.15) is 0 Å². The Labute approximate surface area is 183 Å². The molecule has 1 heterocycles. The third-order valence-corrected chi connectivity index (χ3v) is 5.72. The lowest BCUT2D eigenvalue weighted by molar-refractivity contribution is -0.122. The Balaban J connectivity index is 1.60. The van der Waals surface area contributed by atoms with Crippen molar-refractivity contribution in [2.24, 2.45) is 0 Å². The Morgan fingerprint density at radius 1 is 0.969 bits per heavy atom. The summed E-state index contributed by atoms with van der Waals surface area (Å²) < 4.78 is 40.8. The summed E-state index contributed by atoms with van der Waals surface area (Å²) in [6.07, 6.45) is 0. The van der Waals surface area contributed by atoms with Gasteiger partial charge >= 0.3 is 0 Å². The lowest BCUT2D eigenvalue weighted by Gasteiger charge is -2.20. The van der Waals surface area contributed by atoms with Crippen molar-refractivity contribution in [3.05, 3.63) is 100 Å². The van der Waals surface area contributed by atoms with E-state index in [1.165, 1.54) is 0 Å². The van der Waals surface area contributed by atoms with E-state index in [9.17, 15) is 22.8 Å². The van der Waals surface area contributed by atoms with Crippen molar-refractivity contribution in [2.45, 2.75) is 32.4 Å². The maximum atomic E-state index is 13.9. The topological polar surface area (TPSA) is 49.4 Å². The number of hydrogen-bond donors (Lipinski definition) is 1. The molecule has 0 radical (unpaired) electrons. The van der Waals surface area contributed by atoms with Crippen LogP contribution in [0.5, 0.6) is 0 Å². The minimum atomic E-state index is -1.07. The Hall–Kier alpha value is -3.61. The predicted molar refractivity (Wildman–Crippen MR) is 115 cm³/mol. The van der Waals surface area contributed by atoms with Gasteiger partial charge < -0.3 is 10.2 Å². The quantitative estimate of drug-likeness (QED) is 0.619. The smallest absolute Gasteiger partial charge is 0.251 e. The maximum Gasteiger partial charge on any atom is 0.251 e. The number of carbonyl (C=O) groups is 2. The zero-order valence-electron chi connectivity index (χ0n) is 17.6. The fourth-order valence-corrected chi connectivity index (χ4v) is 3.92. The second-order valence-corrected chi connectivity index (χ2v) is 8.26. The lowest BCUT2D eigenvalue weighted by atomic mass is 9.86. The molecule has 0 unspecified atom stereocenters. The first-order valence-corrected chi connectivity index (χ1v) is 10.1. The maximum absolute atomic E-state index is 13.9. The number of anilines is 1. The highest BCUT2D eigenvalue weighted by molar-refractivity contribution is 6.08. The van der Waals surface area contributed by atoms with E-state index in [0.717, 1.165) is 11.1 Å². The van der Waals surface area contributed by atoms with Crippen LogP contribution in [0, 0.1) is 17.5 Å². The van der Waals surface area contributed by atoms with Gasteiger partial charge in [0.25, 0.3) is 5.91 Å². The van der Waals surface area contributed by atoms with Crippen LogP contribution in [0.2, 0.25) is 0 Å². The molecule has 0 aromatic heterocycles. The summed E-state index contributed by atoms with van der Waals surface area (Å²) >= 11 is 0.